The van der Waals surface area contributed by atoms with Crippen LogP contribution in [0.4, 0.5) is 0 Å². The minimum absolute atomic E-state index is 0.214. The minimum atomic E-state index is -0.648. The van der Waals surface area contributed by atoms with Crippen molar-refractivity contribution in [2.45, 2.75) is 13.0 Å². The molecule has 0 aromatic heterocycles. The zero-order valence-corrected chi connectivity index (χ0v) is 9.06. The van der Waals surface area contributed by atoms with Crippen molar-refractivity contribution >= 4 is 5.97 Å². The van der Waals surface area contributed by atoms with Crippen molar-refractivity contribution in [1.82, 2.24) is 0 Å². The second kappa shape index (κ2) is 4.30. The van der Waals surface area contributed by atoms with Crippen LogP contribution in [0.15, 0.2) is 18.2 Å². The van der Waals surface area contributed by atoms with E-state index in [0.717, 1.165) is 0 Å². The summed E-state index contributed by atoms with van der Waals surface area (Å²) in [6.07, 6.45) is -0.648. The first kappa shape index (κ1) is 10.6. The Bertz CT molecular complexity index is 401. The van der Waals surface area contributed by atoms with E-state index in [1.54, 1.807) is 25.1 Å². The lowest BCUT2D eigenvalue weighted by molar-refractivity contribution is -0.147. The number of fused-ring (bicyclic) bond motifs is 1. The van der Waals surface area contributed by atoms with Gasteiger partial charge in [-0.2, -0.15) is 0 Å². The maximum absolute atomic E-state index is 11.1. The van der Waals surface area contributed by atoms with Crippen molar-refractivity contribution in [3.63, 3.8) is 0 Å². The monoisotopic (exact) mass is 224 g/mol. The topological polar surface area (TPSA) is 54.0 Å². The van der Waals surface area contributed by atoms with Gasteiger partial charge in [0, 0.05) is 6.07 Å². The van der Waals surface area contributed by atoms with Gasteiger partial charge in [-0.3, -0.25) is 0 Å². The van der Waals surface area contributed by atoms with Gasteiger partial charge in [-0.25, -0.2) is 4.79 Å². The highest BCUT2D eigenvalue weighted by Gasteiger charge is 2.18. The zero-order chi connectivity index (χ0) is 11.5. The van der Waals surface area contributed by atoms with E-state index in [2.05, 4.69) is 4.74 Å². The molecule has 0 unspecified atom stereocenters. The summed E-state index contributed by atoms with van der Waals surface area (Å²) in [4.78, 5) is 11.1. The fraction of sp³-hybridized carbons (Fsp3) is 0.364. The molecular formula is C11H12O5. The first-order valence-electron chi connectivity index (χ1n) is 4.85. The highest BCUT2D eigenvalue weighted by molar-refractivity contribution is 5.74. The largest absolute Gasteiger partial charge is 0.479 e. The summed E-state index contributed by atoms with van der Waals surface area (Å²) < 4.78 is 20.3. The van der Waals surface area contributed by atoms with Crippen LogP contribution in [-0.4, -0.2) is 26.0 Å². The van der Waals surface area contributed by atoms with Crippen molar-refractivity contribution in [2.75, 3.05) is 13.9 Å². The number of hydrogen-bond acceptors (Lipinski definition) is 5. The number of hydrogen-bond donors (Lipinski definition) is 0. The van der Waals surface area contributed by atoms with E-state index < -0.39 is 12.1 Å². The number of ether oxygens (including phenoxy) is 4. The molecule has 16 heavy (non-hydrogen) atoms. The summed E-state index contributed by atoms with van der Waals surface area (Å²) in [5.74, 6) is 1.42. The number of carbonyl (C=O) groups excluding carboxylic acids is 1. The van der Waals surface area contributed by atoms with Gasteiger partial charge in [0.2, 0.25) is 6.79 Å². The number of rotatable bonds is 3. The number of esters is 1. The molecule has 0 amide bonds. The van der Waals surface area contributed by atoms with Crippen LogP contribution in [0.25, 0.3) is 0 Å². The van der Waals surface area contributed by atoms with E-state index in [1.807, 2.05) is 0 Å². The summed E-state index contributed by atoms with van der Waals surface area (Å²) in [5, 5.41) is 0. The molecular weight excluding hydrogens is 212 g/mol. The second-order valence-electron chi connectivity index (χ2n) is 3.30. The SMILES string of the molecule is COC(=O)[C@@H](C)Oc1ccc2c(c1)OCO2. The third-order valence-corrected chi connectivity index (χ3v) is 2.19. The van der Waals surface area contributed by atoms with Gasteiger partial charge >= 0.3 is 5.97 Å². The molecule has 1 atom stereocenters. The van der Waals surface area contributed by atoms with Crippen LogP contribution in [0.1, 0.15) is 6.92 Å². The van der Waals surface area contributed by atoms with E-state index in [-0.39, 0.29) is 6.79 Å². The molecule has 0 saturated carbocycles. The van der Waals surface area contributed by atoms with Gasteiger partial charge in [-0.15, -0.1) is 0 Å². The first-order chi connectivity index (χ1) is 7.70. The van der Waals surface area contributed by atoms with Crippen molar-refractivity contribution in [3.05, 3.63) is 18.2 Å². The van der Waals surface area contributed by atoms with Gasteiger partial charge in [0.1, 0.15) is 5.75 Å². The maximum atomic E-state index is 11.1. The van der Waals surface area contributed by atoms with Crippen LogP contribution in [0, 0.1) is 0 Å². The van der Waals surface area contributed by atoms with Crippen molar-refractivity contribution in [3.8, 4) is 17.2 Å². The van der Waals surface area contributed by atoms with Crippen LogP contribution in [0.5, 0.6) is 17.2 Å². The van der Waals surface area contributed by atoms with Crippen molar-refractivity contribution in [1.29, 1.82) is 0 Å². The molecule has 2 rings (SSSR count). The molecule has 0 radical (unpaired) electrons. The molecule has 1 aromatic carbocycles. The molecule has 0 saturated heterocycles. The van der Waals surface area contributed by atoms with Crippen LogP contribution < -0.4 is 14.2 Å². The molecule has 5 nitrogen and oxygen atoms in total. The number of methoxy groups -OCH3 is 1. The van der Waals surface area contributed by atoms with Gasteiger partial charge in [0.25, 0.3) is 0 Å². The number of benzene rings is 1. The summed E-state index contributed by atoms with van der Waals surface area (Å²) in [6, 6.07) is 5.14. The van der Waals surface area contributed by atoms with Gasteiger partial charge < -0.3 is 18.9 Å². The van der Waals surface area contributed by atoms with Crippen LogP contribution in [0.2, 0.25) is 0 Å². The maximum Gasteiger partial charge on any atom is 0.346 e. The molecule has 0 fully saturated rings. The Morgan fingerprint density at radius 1 is 1.38 bits per heavy atom. The predicted octanol–water partition coefficient (Wildman–Crippen LogP) is 1.36. The molecule has 1 heterocycles. The number of carbonyl (C=O) groups is 1. The Morgan fingerprint density at radius 2 is 2.12 bits per heavy atom. The Labute approximate surface area is 92.9 Å². The van der Waals surface area contributed by atoms with Crippen molar-refractivity contribution < 1.29 is 23.7 Å². The van der Waals surface area contributed by atoms with Gasteiger partial charge in [0.15, 0.2) is 17.6 Å². The molecule has 1 aliphatic heterocycles. The normalized spacial score (nSPS) is 14.4. The standard InChI is InChI=1S/C11H12O5/c1-7(11(12)13-2)16-8-3-4-9-10(5-8)15-6-14-9/h3-5,7H,6H2,1-2H3/t7-/m1/s1. The molecule has 0 spiro atoms. The molecule has 0 aliphatic carbocycles. The van der Waals surface area contributed by atoms with E-state index in [4.69, 9.17) is 14.2 Å². The third-order valence-electron chi connectivity index (χ3n) is 2.19. The average molecular weight is 224 g/mol. The Morgan fingerprint density at radius 3 is 2.88 bits per heavy atom. The highest BCUT2D eigenvalue weighted by Crippen LogP contribution is 2.35. The zero-order valence-electron chi connectivity index (χ0n) is 9.06. The minimum Gasteiger partial charge on any atom is -0.479 e. The molecule has 1 aliphatic rings. The lowest BCUT2D eigenvalue weighted by atomic mass is 10.3. The Kier molecular flexibility index (Phi) is 2.85. The Balaban J connectivity index is 2.08. The van der Waals surface area contributed by atoms with Gasteiger partial charge in [-0.05, 0) is 19.1 Å². The van der Waals surface area contributed by atoms with Crippen LogP contribution in [-0.2, 0) is 9.53 Å². The van der Waals surface area contributed by atoms with E-state index >= 15 is 0 Å². The summed E-state index contributed by atoms with van der Waals surface area (Å²) in [7, 11) is 1.32. The summed E-state index contributed by atoms with van der Waals surface area (Å²) in [6.45, 7) is 1.84. The van der Waals surface area contributed by atoms with Crippen molar-refractivity contribution in [2.24, 2.45) is 0 Å². The predicted molar refractivity (Wildman–Crippen MR) is 54.7 cm³/mol. The van der Waals surface area contributed by atoms with Crippen LogP contribution in [0.3, 0.4) is 0 Å². The lowest BCUT2D eigenvalue weighted by Crippen LogP contribution is -2.24. The third kappa shape index (κ3) is 2.03. The fourth-order valence-electron chi connectivity index (χ4n) is 1.37. The smallest absolute Gasteiger partial charge is 0.346 e. The first-order valence-corrected chi connectivity index (χ1v) is 4.85. The van der Waals surface area contributed by atoms with Gasteiger partial charge in [0.05, 0.1) is 7.11 Å². The van der Waals surface area contributed by atoms with E-state index in [9.17, 15) is 4.79 Å². The average Bonchev–Trinajstić information content (AvgIpc) is 2.75. The second-order valence-corrected chi connectivity index (χ2v) is 3.30. The van der Waals surface area contributed by atoms with Crippen LogP contribution >= 0.6 is 0 Å². The van der Waals surface area contributed by atoms with E-state index in [0.29, 0.717) is 17.2 Å². The van der Waals surface area contributed by atoms with Gasteiger partial charge in [-0.1, -0.05) is 0 Å². The molecule has 0 N–H and O–H groups in total. The molecule has 5 heteroatoms. The summed E-state index contributed by atoms with van der Waals surface area (Å²) in [5.41, 5.74) is 0. The highest BCUT2D eigenvalue weighted by atomic mass is 16.7. The molecule has 86 valence electrons. The Hall–Kier alpha value is -1.91. The fourth-order valence-corrected chi connectivity index (χ4v) is 1.37. The molecule has 1 aromatic rings. The van der Waals surface area contributed by atoms with E-state index in [1.165, 1.54) is 7.11 Å². The molecule has 0 bridgehead atoms. The summed E-state index contributed by atoms with van der Waals surface area (Å²) >= 11 is 0. The lowest BCUT2D eigenvalue weighted by Gasteiger charge is -2.12. The quantitative estimate of drug-likeness (QED) is 0.725.